The van der Waals surface area contributed by atoms with E-state index in [1.807, 2.05) is 19.9 Å². The lowest BCUT2D eigenvalue weighted by molar-refractivity contribution is -0.163. The number of carbonyl (C=O) groups is 1. The number of halogens is 3. The summed E-state index contributed by atoms with van der Waals surface area (Å²) < 4.78 is 43.1. The average Bonchev–Trinajstić information content (AvgIpc) is 2.37. The van der Waals surface area contributed by atoms with Crippen molar-refractivity contribution in [3.63, 3.8) is 0 Å². The Bertz CT molecular complexity index is 513. The Balaban J connectivity index is 2.72. The number of benzene rings is 1. The molecule has 1 aromatic rings. The summed E-state index contributed by atoms with van der Waals surface area (Å²) >= 11 is 0. The van der Waals surface area contributed by atoms with Gasteiger partial charge in [-0.3, -0.25) is 4.79 Å². The first kappa shape index (κ1) is 18.3. The van der Waals surface area contributed by atoms with Crippen molar-refractivity contribution in [1.29, 1.82) is 0 Å². The van der Waals surface area contributed by atoms with E-state index in [4.69, 9.17) is 4.74 Å². The highest BCUT2D eigenvalue weighted by atomic mass is 19.4. The number of amides is 1. The maximum atomic E-state index is 12.6. The normalized spacial score (nSPS) is 11.6. The van der Waals surface area contributed by atoms with Gasteiger partial charge >= 0.3 is 6.18 Å². The van der Waals surface area contributed by atoms with Crippen LogP contribution >= 0.6 is 0 Å². The van der Waals surface area contributed by atoms with E-state index in [2.05, 4.69) is 0 Å². The molecule has 0 saturated carbocycles. The van der Waals surface area contributed by atoms with Crippen molar-refractivity contribution in [2.45, 2.75) is 33.9 Å². The van der Waals surface area contributed by atoms with Gasteiger partial charge in [-0.1, -0.05) is 26.0 Å². The first-order valence-electron chi connectivity index (χ1n) is 7.13. The molecule has 0 aliphatic rings. The molecule has 1 rings (SSSR count). The molecule has 1 amide bonds. The van der Waals surface area contributed by atoms with Crippen molar-refractivity contribution in [3.05, 3.63) is 29.3 Å². The Morgan fingerprint density at radius 3 is 2.45 bits per heavy atom. The fourth-order valence-corrected chi connectivity index (χ4v) is 2.02. The lowest BCUT2D eigenvalue weighted by atomic mass is 10.1. The summed E-state index contributed by atoms with van der Waals surface area (Å²) in [7, 11) is 0. The number of hydrogen-bond acceptors (Lipinski definition) is 2. The minimum absolute atomic E-state index is 0.0491. The zero-order valence-corrected chi connectivity index (χ0v) is 13.3. The number of nitrogens with zero attached hydrogens (tertiary/aromatic N) is 1. The van der Waals surface area contributed by atoms with Crippen molar-refractivity contribution in [1.82, 2.24) is 4.90 Å². The molecule has 6 heteroatoms. The molecule has 1 aromatic carbocycles. The lowest BCUT2D eigenvalue weighted by Crippen LogP contribution is -2.43. The van der Waals surface area contributed by atoms with E-state index in [0.29, 0.717) is 5.75 Å². The van der Waals surface area contributed by atoms with Gasteiger partial charge in [0.25, 0.3) is 5.91 Å². The lowest BCUT2D eigenvalue weighted by Gasteiger charge is -2.25. The van der Waals surface area contributed by atoms with Gasteiger partial charge in [0, 0.05) is 6.54 Å². The number of alkyl halides is 3. The summed E-state index contributed by atoms with van der Waals surface area (Å²) in [6, 6.07) is 5.38. The predicted molar refractivity (Wildman–Crippen MR) is 78.9 cm³/mol. The Hall–Kier alpha value is -1.72. The molecule has 0 saturated heterocycles. The molecule has 0 N–H and O–H groups in total. The van der Waals surface area contributed by atoms with Crippen LogP contribution < -0.4 is 4.74 Å². The van der Waals surface area contributed by atoms with Crippen LogP contribution in [0, 0.1) is 19.8 Å². The van der Waals surface area contributed by atoms with Gasteiger partial charge in [-0.05, 0) is 37.0 Å². The van der Waals surface area contributed by atoms with Gasteiger partial charge in [-0.15, -0.1) is 0 Å². The Morgan fingerprint density at radius 1 is 1.27 bits per heavy atom. The Morgan fingerprint density at radius 2 is 1.91 bits per heavy atom. The van der Waals surface area contributed by atoms with Crippen molar-refractivity contribution >= 4 is 5.91 Å². The van der Waals surface area contributed by atoms with Gasteiger partial charge in [0.1, 0.15) is 12.3 Å². The van der Waals surface area contributed by atoms with Crippen LogP contribution in [0.2, 0.25) is 0 Å². The highest BCUT2D eigenvalue weighted by molar-refractivity contribution is 5.77. The second kappa shape index (κ2) is 7.51. The van der Waals surface area contributed by atoms with Gasteiger partial charge in [0.15, 0.2) is 6.61 Å². The standard InChI is InChI=1S/C16H22F3NO2/c1-11(2)8-20(10-16(17,18)19)15(21)9-22-14-7-5-6-12(3)13(14)4/h5-7,11H,8-10H2,1-4H3. The van der Waals surface area contributed by atoms with Crippen LogP contribution in [0.15, 0.2) is 18.2 Å². The third-order valence-electron chi connectivity index (χ3n) is 3.21. The van der Waals surface area contributed by atoms with Crippen molar-refractivity contribution in [2.75, 3.05) is 19.7 Å². The Kier molecular flexibility index (Phi) is 6.26. The monoisotopic (exact) mass is 317 g/mol. The molecular formula is C16H22F3NO2. The fraction of sp³-hybridized carbons (Fsp3) is 0.562. The minimum Gasteiger partial charge on any atom is -0.483 e. The highest BCUT2D eigenvalue weighted by Crippen LogP contribution is 2.21. The van der Waals surface area contributed by atoms with Gasteiger partial charge in [-0.2, -0.15) is 13.2 Å². The molecule has 0 atom stereocenters. The van der Waals surface area contributed by atoms with Crippen LogP contribution in [-0.4, -0.2) is 36.7 Å². The van der Waals surface area contributed by atoms with E-state index < -0.39 is 25.2 Å². The molecule has 0 unspecified atom stereocenters. The second-order valence-corrected chi connectivity index (χ2v) is 5.77. The first-order chi connectivity index (χ1) is 10.1. The van der Waals surface area contributed by atoms with Crippen molar-refractivity contribution in [2.24, 2.45) is 5.92 Å². The maximum Gasteiger partial charge on any atom is 0.406 e. The van der Waals surface area contributed by atoms with Crippen LogP contribution in [0.1, 0.15) is 25.0 Å². The second-order valence-electron chi connectivity index (χ2n) is 5.77. The summed E-state index contributed by atoms with van der Waals surface area (Å²) in [5.41, 5.74) is 1.88. The van der Waals surface area contributed by atoms with Gasteiger partial charge in [-0.25, -0.2) is 0 Å². The molecular weight excluding hydrogens is 295 g/mol. The molecule has 0 fully saturated rings. The van der Waals surface area contributed by atoms with Gasteiger partial charge in [0.05, 0.1) is 0 Å². The van der Waals surface area contributed by atoms with Gasteiger partial charge < -0.3 is 9.64 Å². The van der Waals surface area contributed by atoms with Crippen LogP contribution in [-0.2, 0) is 4.79 Å². The zero-order chi connectivity index (χ0) is 16.9. The maximum absolute atomic E-state index is 12.6. The molecule has 0 heterocycles. The molecule has 0 radical (unpaired) electrons. The van der Waals surface area contributed by atoms with E-state index in [1.54, 1.807) is 26.0 Å². The van der Waals surface area contributed by atoms with Crippen LogP contribution in [0.5, 0.6) is 5.75 Å². The third kappa shape index (κ3) is 5.95. The largest absolute Gasteiger partial charge is 0.483 e. The molecule has 22 heavy (non-hydrogen) atoms. The topological polar surface area (TPSA) is 29.5 Å². The van der Waals surface area contributed by atoms with E-state index in [-0.39, 0.29) is 12.5 Å². The summed E-state index contributed by atoms with van der Waals surface area (Å²) in [6.07, 6.45) is -4.41. The molecule has 0 spiro atoms. The van der Waals surface area contributed by atoms with Crippen LogP contribution in [0.4, 0.5) is 13.2 Å². The quantitative estimate of drug-likeness (QED) is 0.800. The predicted octanol–water partition coefficient (Wildman–Crippen LogP) is 3.73. The number of rotatable bonds is 6. The summed E-state index contributed by atoms with van der Waals surface area (Å²) in [5.74, 6) is -0.191. The minimum atomic E-state index is -4.41. The molecule has 0 aromatic heterocycles. The van der Waals surface area contributed by atoms with Crippen molar-refractivity contribution < 1.29 is 22.7 Å². The fourth-order valence-electron chi connectivity index (χ4n) is 2.02. The number of hydrogen-bond donors (Lipinski definition) is 0. The van der Waals surface area contributed by atoms with E-state index >= 15 is 0 Å². The first-order valence-corrected chi connectivity index (χ1v) is 7.13. The molecule has 0 aliphatic carbocycles. The summed E-state index contributed by atoms with van der Waals surface area (Å²) in [6.45, 7) is 5.68. The number of carbonyl (C=O) groups excluding carboxylic acids is 1. The smallest absolute Gasteiger partial charge is 0.406 e. The molecule has 0 bridgehead atoms. The van der Waals surface area contributed by atoms with Crippen LogP contribution in [0.3, 0.4) is 0 Å². The third-order valence-corrected chi connectivity index (χ3v) is 3.21. The summed E-state index contributed by atoms with van der Waals surface area (Å²) in [4.78, 5) is 12.8. The average molecular weight is 317 g/mol. The molecule has 3 nitrogen and oxygen atoms in total. The van der Waals surface area contributed by atoms with Crippen LogP contribution in [0.25, 0.3) is 0 Å². The van der Waals surface area contributed by atoms with E-state index in [9.17, 15) is 18.0 Å². The number of aryl methyl sites for hydroxylation is 1. The van der Waals surface area contributed by atoms with Gasteiger partial charge in [0.2, 0.25) is 0 Å². The Labute approximate surface area is 129 Å². The van der Waals surface area contributed by atoms with Crippen molar-refractivity contribution in [3.8, 4) is 5.75 Å². The van der Waals surface area contributed by atoms with E-state index in [1.165, 1.54) is 0 Å². The molecule has 124 valence electrons. The summed E-state index contributed by atoms with van der Waals surface area (Å²) in [5, 5.41) is 0. The molecule has 0 aliphatic heterocycles. The number of ether oxygens (including phenoxy) is 1. The SMILES string of the molecule is Cc1cccc(OCC(=O)N(CC(C)C)CC(F)(F)F)c1C. The highest BCUT2D eigenvalue weighted by Gasteiger charge is 2.33. The zero-order valence-electron chi connectivity index (χ0n) is 13.3. The van der Waals surface area contributed by atoms with E-state index in [0.717, 1.165) is 16.0 Å².